The van der Waals surface area contributed by atoms with E-state index in [9.17, 15) is 4.79 Å². The van der Waals surface area contributed by atoms with Crippen LogP contribution in [0.5, 0.6) is 0 Å². The predicted octanol–water partition coefficient (Wildman–Crippen LogP) is 2.55. The van der Waals surface area contributed by atoms with Gasteiger partial charge in [0.2, 0.25) is 0 Å². The Morgan fingerprint density at radius 1 is 1.67 bits per heavy atom. The van der Waals surface area contributed by atoms with Gasteiger partial charge in [-0.2, -0.15) is 0 Å². The highest BCUT2D eigenvalue weighted by molar-refractivity contribution is 9.10. The van der Waals surface area contributed by atoms with Gasteiger partial charge in [0.15, 0.2) is 0 Å². The van der Waals surface area contributed by atoms with Crippen LogP contribution in [0.2, 0.25) is 0 Å². The zero-order valence-corrected chi connectivity index (χ0v) is 10.4. The molecule has 1 aliphatic rings. The first kappa shape index (κ1) is 10.7. The number of nitrogens with one attached hydrogen (secondary N) is 1. The number of aryl methyl sites for hydroxylation is 1. The molecule has 0 bridgehead atoms. The van der Waals surface area contributed by atoms with Gasteiger partial charge in [-0.15, -0.1) is 0 Å². The second-order valence-electron chi connectivity index (χ2n) is 3.98. The van der Waals surface area contributed by atoms with Crippen molar-refractivity contribution in [3.63, 3.8) is 0 Å². The van der Waals surface area contributed by atoms with Crippen LogP contribution in [0.3, 0.4) is 0 Å². The third kappa shape index (κ3) is 2.62. The average molecular weight is 271 g/mol. The Morgan fingerprint density at radius 2 is 2.40 bits per heavy atom. The van der Waals surface area contributed by atoms with Gasteiger partial charge in [0.05, 0.1) is 0 Å². The van der Waals surface area contributed by atoms with Gasteiger partial charge in [-0.3, -0.25) is 4.79 Å². The highest BCUT2D eigenvalue weighted by Gasteiger charge is 2.25. The highest BCUT2D eigenvalue weighted by atomic mass is 79.9. The number of aromatic nitrogens is 1. The molecular formula is C11H15BrN2O. The second-order valence-corrected chi connectivity index (χ2v) is 4.90. The quantitative estimate of drug-likeness (QED) is 0.897. The molecule has 3 nitrogen and oxygen atoms in total. The molecule has 1 heterocycles. The van der Waals surface area contributed by atoms with Gasteiger partial charge < -0.3 is 9.88 Å². The van der Waals surface area contributed by atoms with Crippen LogP contribution in [0.4, 0.5) is 0 Å². The number of rotatable bonds is 4. The van der Waals surface area contributed by atoms with Crippen LogP contribution >= 0.6 is 15.9 Å². The average Bonchev–Trinajstić information content (AvgIpc) is 2.90. The summed E-state index contributed by atoms with van der Waals surface area (Å²) in [6.45, 7) is 3.00. The number of hydrogen-bond acceptors (Lipinski definition) is 1. The zero-order chi connectivity index (χ0) is 10.8. The lowest BCUT2D eigenvalue weighted by Gasteiger charge is -2.07. The third-order valence-corrected chi connectivity index (χ3v) is 2.91. The van der Waals surface area contributed by atoms with Gasteiger partial charge in [-0.05, 0) is 41.3 Å². The summed E-state index contributed by atoms with van der Waals surface area (Å²) in [6, 6.07) is 2.30. The van der Waals surface area contributed by atoms with Gasteiger partial charge in [0.25, 0.3) is 5.91 Å². The number of hydrogen-bond donors (Lipinski definition) is 1. The van der Waals surface area contributed by atoms with E-state index < -0.39 is 0 Å². The lowest BCUT2D eigenvalue weighted by Crippen LogP contribution is -2.27. The molecule has 1 N–H and O–H groups in total. The molecule has 1 fully saturated rings. The van der Waals surface area contributed by atoms with Crippen LogP contribution in [-0.2, 0) is 6.54 Å². The van der Waals surface area contributed by atoms with Crippen molar-refractivity contribution in [2.45, 2.75) is 38.8 Å². The standard InChI is InChI=1S/C11H15BrN2O/c1-2-5-14-7-8(12)6-10(14)11(15)13-9-3-4-9/h6-7,9H,2-5H2,1H3,(H,13,15). The number of halogens is 1. The molecule has 15 heavy (non-hydrogen) atoms. The fourth-order valence-corrected chi connectivity index (χ4v) is 2.04. The van der Waals surface area contributed by atoms with Gasteiger partial charge in [0, 0.05) is 23.3 Å². The van der Waals surface area contributed by atoms with E-state index in [1.54, 1.807) is 0 Å². The molecule has 0 aromatic carbocycles. The van der Waals surface area contributed by atoms with E-state index in [0.29, 0.717) is 6.04 Å². The van der Waals surface area contributed by atoms with E-state index in [1.165, 1.54) is 0 Å². The SMILES string of the molecule is CCCn1cc(Br)cc1C(=O)NC1CC1. The van der Waals surface area contributed by atoms with Gasteiger partial charge >= 0.3 is 0 Å². The lowest BCUT2D eigenvalue weighted by molar-refractivity contribution is 0.0941. The molecule has 2 rings (SSSR count). The van der Waals surface area contributed by atoms with Gasteiger partial charge in [0.1, 0.15) is 5.69 Å². The molecule has 0 unspecified atom stereocenters. The molecule has 1 saturated carbocycles. The van der Waals surface area contributed by atoms with Crippen molar-refractivity contribution >= 4 is 21.8 Å². The Balaban J connectivity index is 2.12. The molecule has 1 amide bonds. The van der Waals surface area contributed by atoms with Crippen LogP contribution in [0.25, 0.3) is 0 Å². The maximum Gasteiger partial charge on any atom is 0.268 e. The van der Waals surface area contributed by atoms with Crippen LogP contribution in [0.15, 0.2) is 16.7 Å². The number of carbonyl (C=O) groups is 1. The largest absolute Gasteiger partial charge is 0.348 e. The monoisotopic (exact) mass is 270 g/mol. The summed E-state index contributed by atoms with van der Waals surface area (Å²) < 4.78 is 2.97. The van der Waals surface area contributed by atoms with Crippen LogP contribution in [0, 0.1) is 0 Å². The number of carbonyl (C=O) groups excluding carboxylic acids is 1. The Kier molecular flexibility index (Phi) is 3.14. The minimum atomic E-state index is 0.0525. The molecule has 82 valence electrons. The maximum atomic E-state index is 11.9. The Morgan fingerprint density at radius 3 is 3.00 bits per heavy atom. The molecule has 4 heteroatoms. The summed E-state index contributed by atoms with van der Waals surface area (Å²) in [5, 5.41) is 3.00. The normalized spacial score (nSPS) is 15.3. The minimum Gasteiger partial charge on any atom is -0.348 e. The van der Waals surface area contributed by atoms with Crippen LogP contribution < -0.4 is 5.32 Å². The molecule has 1 aromatic rings. The molecule has 0 saturated heterocycles. The van der Waals surface area contributed by atoms with Gasteiger partial charge in [-0.1, -0.05) is 6.92 Å². The Hall–Kier alpha value is -0.770. The van der Waals surface area contributed by atoms with Crippen molar-refractivity contribution in [3.8, 4) is 0 Å². The first-order chi connectivity index (χ1) is 7.20. The predicted molar refractivity (Wildman–Crippen MR) is 62.9 cm³/mol. The summed E-state index contributed by atoms with van der Waals surface area (Å²) in [5.41, 5.74) is 0.760. The summed E-state index contributed by atoms with van der Waals surface area (Å²) in [7, 11) is 0. The third-order valence-electron chi connectivity index (χ3n) is 2.47. The van der Waals surface area contributed by atoms with E-state index in [4.69, 9.17) is 0 Å². The zero-order valence-electron chi connectivity index (χ0n) is 8.79. The first-order valence-electron chi connectivity index (χ1n) is 5.37. The Labute approximate surface area is 98.0 Å². The molecule has 0 atom stereocenters. The molecule has 1 aromatic heterocycles. The number of nitrogens with zero attached hydrogens (tertiary/aromatic N) is 1. The second kappa shape index (κ2) is 4.39. The van der Waals surface area contributed by atoms with Crippen molar-refractivity contribution in [1.29, 1.82) is 0 Å². The highest BCUT2D eigenvalue weighted by Crippen LogP contribution is 2.21. The van der Waals surface area contributed by atoms with Crippen molar-refractivity contribution in [1.82, 2.24) is 9.88 Å². The van der Waals surface area contributed by atoms with E-state index >= 15 is 0 Å². The molecule has 0 spiro atoms. The fourth-order valence-electron chi connectivity index (χ4n) is 1.58. The van der Waals surface area contributed by atoms with E-state index in [-0.39, 0.29) is 5.91 Å². The summed E-state index contributed by atoms with van der Waals surface area (Å²) >= 11 is 3.40. The topological polar surface area (TPSA) is 34.0 Å². The smallest absolute Gasteiger partial charge is 0.268 e. The van der Waals surface area contributed by atoms with E-state index in [0.717, 1.165) is 36.0 Å². The van der Waals surface area contributed by atoms with Crippen LogP contribution in [0.1, 0.15) is 36.7 Å². The van der Waals surface area contributed by atoms with E-state index in [2.05, 4.69) is 28.2 Å². The molecule has 1 aliphatic carbocycles. The maximum absolute atomic E-state index is 11.9. The van der Waals surface area contributed by atoms with Crippen molar-refractivity contribution < 1.29 is 4.79 Å². The minimum absolute atomic E-state index is 0.0525. The molecule has 0 aliphatic heterocycles. The summed E-state index contributed by atoms with van der Waals surface area (Å²) in [4.78, 5) is 11.9. The van der Waals surface area contributed by atoms with Crippen molar-refractivity contribution in [2.75, 3.05) is 0 Å². The summed E-state index contributed by atoms with van der Waals surface area (Å²) in [5.74, 6) is 0.0525. The fraction of sp³-hybridized carbons (Fsp3) is 0.545. The summed E-state index contributed by atoms with van der Waals surface area (Å²) in [6.07, 6.45) is 5.25. The van der Waals surface area contributed by atoms with E-state index in [1.807, 2.05) is 16.8 Å². The lowest BCUT2D eigenvalue weighted by atomic mass is 10.3. The molecular weight excluding hydrogens is 256 g/mol. The van der Waals surface area contributed by atoms with Crippen molar-refractivity contribution in [2.24, 2.45) is 0 Å². The van der Waals surface area contributed by atoms with Gasteiger partial charge in [-0.25, -0.2) is 0 Å². The van der Waals surface area contributed by atoms with Crippen molar-refractivity contribution in [3.05, 3.63) is 22.4 Å². The molecule has 0 radical (unpaired) electrons. The Bertz CT molecular complexity index is 369. The van der Waals surface area contributed by atoms with Crippen LogP contribution in [-0.4, -0.2) is 16.5 Å². The first-order valence-corrected chi connectivity index (χ1v) is 6.16. The number of amides is 1.